The maximum atomic E-state index is 12.1. The van der Waals surface area contributed by atoms with Gasteiger partial charge < -0.3 is 22.1 Å². The minimum absolute atomic E-state index is 0.111. The monoisotopic (exact) mass is 512 g/mol. The summed E-state index contributed by atoms with van der Waals surface area (Å²) in [4.78, 5) is 23.4. The lowest BCUT2D eigenvalue weighted by Gasteiger charge is -2.10. The molecule has 0 aliphatic carbocycles. The first-order valence-electron chi connectivity index (χ1n) is 10.3. The fourth-order valence-electron chi connectivity index (χ4n) is 2.80. The van der Waals surface area contributed by atoms with E-state index in [1.54, 1.807) is 0 Å². The molecule has 8 N–H and O–H groups in total. The van der Waals surface area contributed by atoms with E-state index >= 15 is 0 Å². The van der Waals surface area contributed by atoms with Crippen molar-refractivity contribution in [3.05, 3.63) is 48.5 Å². The molecule has 34 heavy (non-hydrogen) atoms. The van der Waals surface area contributed by atoms with Crippen molar-refractivity contribution in [2.45, 2.75) is 35.5 Å². The molecule has 0 bridgehead atoms. The number of anilines is 2. The number of amides is 4. The summed E-state index contributed by atoms with van der Waals surface area (Å²) in [6.07, 6.45) is 2.57. The van der Waals surface area contributed by atoms with Gasteiger partial charge in [-0.05, 0) is 49.2 Å². The predicted molar refractivity (Wildman–Crippen MR) is 128 cm³/mol. The SMILES string of the molecule is Nc1cccc(S(=O)(=O)NC(=O)NCCCCCCNC(=O)NS(=O)(=O)c2cccc(N)c2)c1. The summed E-state index contributed by atoms with van der Waals surface area (Å²) in [5, 5.41) is 4.92. The minimum atomic E-state index is -4.02. The number of sulfonamides is 2. The van der Waals surface area contributed by atoms with E-state index < -0.39 is 32.1 Å². The van der Waals surface area contributed by atoms with Crippen LogP contribution in [0.1, 0.15) is 25.7 Å². The van der Waals surface area contributed by atoms with Crippen LogP contribution < -0.4 is 31.5 Å². The maximum Gasteiger partial charge on any atom is 0.328 e. The van der Waals surface area contributed by atoms with Gasteiger partial charge in [-0.2, -0.15) is 0 Å². The highest BCUT2D eigenvalue weighted by Crippen LogP contribution is 2.13. The summed E-state index contributed by atoms with van der Waals surface area (Å²) in [6.45, 7) is 0.509. The quantitative estimate of drug-likeness (QED) is 0.189. The van der Waals surface area contributed by atoms with Crippen LogP contribution in [0.3, 0.4) is 0 Å². The van der Waals surface area contributed by atoms with Gasteiger partial charge in [0.2, 0.25) is 0 Å². The number of nitrogens with two attached hydrogens (primary N) is 2. The molecule has 0 fully saturated rings. The summed E-state index contributed by atoms with van der Waals surface area (Å²) in [5.74, 6) is 0. The molecule has 0 saturated carbocycles. The number of urea groups is 2. The number of rotatable bonds is 11. The average molecular weight is 513 g/mol. The molecular formula is C20H28N6O6S2. The summed E-state index contributed by atoms with van der Waals surface area (Å²) in [7, 11) is -8.03. The number of nitrogen functional groups attached to an aromatic ring is 2. The van der Waals surface area contributed by atoms with Gasteiger partial charge in [-0.3, -0.25) is 0 Å². The zero-order chi connectivity index (χ0) is 25.2. The van der Waals surface area contributed by atoms with E-state index in [9.17, 15) is 26.4 Å². The van der Waals surface area contributed by atoms with E-state index in [2.05, 4.69) is 10.6 Å². The molecule has 2 aromatic rings. The van der Waals surface area contributed by atoms with Crippen molar-refractivity contribution in [1.82, 2.24) is 20.1 Å². The van der Waals surface area contributed by atoms with Crippen molar-refractivity contribution in [3.8, 4) is 0 Å². The van der Waals surface area contributed by atoms with Gasteiger partial charge in [-0.25, -0.2) is 35.9 Å². The number of unbranched alkanes of at least 4 members (excludes halogenated alkanes) is 3. The maximum absolute atomic E-state index is 12.1. The van der Waals surface area contributed by atoms with E-state index in [0.29, 0.717) is 25.7 Å². The first kappa shape index (κ1) is 26.7. The summed E-state index contributed by atoms with van der Waals surface area (Å²) >= 11 is 0. The Labute approximate surface area is 198 Å². The van der Waals surface area contributed by atoms with Crippen LogP contribution in [0.15, 0.2) is 58.3 Å². The zero-order valence-electron chi connectivity index (χ0n) is 18.3. The molecule has 2 aromatic carbocycles. The van der Waals surface area contributed by atoms with Gasteiger partial charge in [0, 0.05) is 24.5 Å². The predicted octanol–water partition coefficient (Wildman–Crippen LogP) is 1.09. The molecule has 0 aromatic heterocycles. The van der Waals surface area contributed by atoms with Crippen molar-refractivity contribution in [2.24, 2.45) is 0 Å². The lowest BCUT2D eigenvalue weighted by atomic mass is 10.2. The number of carbonyl (C=O) groups is 2. The number of benzene rings is 2. The zero-order valence-corrected chi connectivity index (χ0v) is 19.9. The van der Waals surface area contributed by atoms with Crippen LogP contribution in [0.5, 0.6) is 0 Å². The Morgan fingerprint density at radius 1 is 0.647 bits per heavy atom. The molecule has 4 amide bonds. The Bertz CT molecular complexity index is 1120. The first-order valence-corrected chi connectivity index (χ1v) is 13.3. The van der Waals surface area contributed by atoms with Crippen molar-refractivity contribution in [1.29, 1.82) is 0 Å². The Balaban J connectivity index is 1.58. The van der Waals surface area contributed by atoms with Gasteiger partial charge >= 0.3 is 12.1 Å². The second-order valence-corrected chi connectivity index (χ2v) is 10.6. The fraction of sp³-hybridized carbons (Fsp3) is 0.300. The highest BCUT2D eigenvalue weighted by Gasteiger charge is 2.18. The number of hydrogen-bond acceptors (Lipinski definition) is 8. The second-order valence-electron chi connectivity index (χ2n) is 7.28. The molecule has 0 radical (unpaired) electrons. The third-order valence-electron chi connectivity index (χ3n) is 4.47. The molecule has 14 heteroatoms. The largest absolute Gasteiger partial charge is 0.399 e. The Hall–Kier alpha value is -3.52. The highest BCUT2D eigenvalue weighted by molar-refractivity contribution is 7.90. The topological polar surface area (TPSA) is 203 Å². The van der Waals surface area contributed by atoms with Crippen LogP contribution >= 0.6 is 0 Å². The van der Waals surface area contributed by atoms with Crippen molar-refractivity contribution < 1.29 is 26.4 Å². The molecule has 2 rings (SSSR count). The van der Waals surface area contributed by atoms with Crippen molar-refractivity contribution in [3.63, 3.8) is 0 Å². The Kier molecular flexibility index (Phi) is 9.50. The summed E-state index contributed by atoms with van der Waals surface area (Å²) in [6, 6.07) is 9.46. The van der Waals surface area contributed by atoms with E-state index in [4.69, 9.17) is 11.5 Å². The van der Waals surface area contributed by atoms with Gasteiger partial charge in [-0.1, -0.05) is 25.0 Å². The minimum Gasteiger partial charge on any atom is -0.399 e. The Morgan fingerprint density at radius 3 is 1.38 bits per heavy atom. The second kappa shape index (κ2) is 12.1. The average Bonchev–Trinajstić information content (AvgIpc) is 2.75. The van der Waals surface area contributed by atoms with Gasteiger partial charge in [0.1, 0.15) is 0 Å². The van der Waals surface area contributed by atoms with Crippen molar-refractivity contribution in [2.75, 3.05) is 24.6 Å². The van der Waals surface area contributed by atoms with Crippen LogP contribution in [0.2, 0.25) is 0 Å². The summed E-state index contributed by atoms with van der Waals surface area (Å²) in [5.41, 5.74) is 11.6. The molecule has 0 aliphatic rings. The molecule has 12 nitrogen and oxygen atoms in total. The Morgan fingerprint density at radius 2 is 1.03 bits per heavy atom. The van der Waals surface area contributed by atoms with E-state index in [1.807, 2.05) is 9.44 Å². The molecule has 0 unspecified atom stereocenters. The van der Waals surface area contributed by atoms with E-state index in [0.717, 1.165) is 0 Å². The normalized spacial score (nSPS) is 11.4. The first-order chi connectivity index (χ1) is 16.0. The third-order valence-corrected chi connectivity index (χ3v) is 7.12. The molecule has 0 spiro atoms. The van der Waals surface area contributed by atoms with Crippen LogP contribution in [0.4, 0.5) is 21.0 Å². The van der Waals surface area contributed by atoms with Crippen molar-refractivity contribution >= 4 is 43.5 Å². The van der Waals surface area contributed by atoms with Crippen LogP contribution in [0, 0.1) is 0 Å². The number of hydrogen-bond donors (Lipinski definition) is 6. The van der Waals surface area contributed by atoms with E-state index in [-0.39, 0.29) is 34.3 Å². The summed E-state index contributed by atoms with van der Waals surface area (Å²) < 4.78 is 52.3. The van der Waals surface area contributed by atoms with Crippen LogP contribution in [0.25, 0.3) is 0 Å². The fourth-order valence-corrected chi connectivity index (χ4v) is 4.77. The van der Waals surface area contributed by atoms with E-state index in [1.165, 1.54) is 48.5 Å². The van der Waals surface area contributed by atoms with Gasteiger partial charge in [0.25, 0.3) is 20.0 Å². The molecular weight excluding hydrogens is 484 g/mol. The number of carbonyl (C=O) groups excluding carboxylic acids is 2. The van der Waals surface area contributed by atoms with Crippen LogP contribution in [-0.2, 0) is 20.0 Å². The molecule has 186 valence electrons. The highest BCUT2D eigenvalue weighted by atomic mass is 32.2. The third kappa shape index (κ3) is 8.78. The molecule has 0 atom stereocenters. The number of nitrogens with one attached hydrogen (secondary N) is 4. The molecule has 0 saturated heterocycles. The lowest BCUT2D eigenvalue weighted by molar-refractivity contribution is 0.244. The molecule has 0 heterocycles. The standard InChI is InChI=1S/C20H28N6O6S2/c21-15-7-5-9-17(13-15)33(29,30)25-19(27)23-11-3-1-2-4-12-24-20(28)26-34(31,32)18-10-6-8-16(22)14-18/h5-10,13-14H,1-4,11-12,21-22H2,(H2,23,25,27)(H2,24,26,28). The van der Waals surface area contributed by atoms with Gasteiger partial charge in [-0.15, -0.1) is 0 Å². The lowest BCUT2D eigenvalue weighted by Crippen LogP contribution is -2.40. The molecule has 0 aliphatic heterocycles. The van der Waals surface area contributed by atoms with Gasteiger partial charge in [0.05, 0.1) is 9.79 Å². The smallest absolute Gasteiger partial charge is 0.328 e. The van der Waals surface area contributed by atoms with Crippen LogP contribution in [-0.4, -0.2) is 42.0 Å². The van der Waals surface area contributed by atoms with Gasteiger partial charge in [0.15, 0.2) is 0 Å².